The number of hydrogen-bond acceptors (Lipinski definition) is 4. The third-order valence-electron chi connectivity index (χ3n) is 2.87. The lowest BCUT2D eigenvalue weighted by Gasteiger charge is -2.32. The molecule has 0 spiro atoms. The van der Waals surface area contributed by atoms with Crippen LogP contribution in [0.25, 0.3) is 0 Å². The zero-order valence-electron chi connectivity index (χ0n) is 10.0. The van der Waals surface area contributed by atoms with Gasteiger partial charge in [0.05, 0.1) is 25.3 Å². The van der Waals surface area contributed by atoms with Crippen molar-refractivity contribution in [1.82, 2.24) is 4.90 Å². The number of carbonyl (C=O) groups excluding carboxylic acids is 1. The van der Waals surface area contributed by atoms with Crippen molar-refractivity contribution in [2.24, 2.45) is 0 Å². The maximum atomic E-state index is 11.7. The molecule has 1 aliphatic heterocycles. The Kier molecular flexibility index (Phi) is 4.17. The lowest BCUT2D eigenvalue weighted by molar-refractivity contribution is -0.0108. The van der Waals surface area contributed by atoms with Gasteiger partial charge in [-0.05, 0) is 5.56 Å². The van der Waals surface area contributed by atoms with Crippen molar-refractivity contribution in [3.63, 3.8) is 0 Å². The summed E-state index contributed by atoms with van der Waals surface area (Å²) in [4.78, 5) is 13.1. The van der Waals surface area contributed by atoms with Crippen molar-refractivity contribution in [3.8, 4) is 0 Å². The molecule has 0 bridgehead atoms. The number of carbonyl (C=O) groups is 1. The van der Waals surface area contributed by atoms with Crippen LogP contribution in [0.1, 0.15) is 12.0 Å². The van der Waals surface area contributed by atoms with Gasteiger partial charge in [-0.1, -0.05) is 30.3 Å². The summed E-state index contributed by atoms with van der Waals surface area (Å²) < 4.78 is 5.13. The summed E-state index contributed by atoms with van der Waals surface area (Å²) in [6.07, 6.45) is -1.56. The minimum Gasteiger partial charge on any atom is -0.445 e. The van der Waals surface area contributed by atoms with Crippen LogP contribution in [0.2, 0.25) is 0 Å². The first-order valence-electron chi connectivity index (χ1n) is 5.97. The third kappa shape index (κ3) is 3.45. The number of β-amino-alcohol motifs (C(OH)–C–C–N with tert-alkyl or cyclic N) is 2. The fourth-order valence-electron chi connectivity index (χ4n) is 2.01. The van der Waals surface area contributed by atoms with E-state index in [0.29, 0.717) is 6.42 Å². The average molecular weight is 251 g/mol. The van der Waals surface area contributed by atoms with Gasteiger partial charge in [0.2, 0.25) is 0 Å². The third-order valence-corrected chi connectivity index (χ3v) is 2.87. The summed E-state index contributed by atoms with van der Waals surface area (Å²) in [5.41, 5.74) is 0.906. The van der Waals surface area contributed by atoms with Crippen LogP contribution in [0.3, 0.4) is 0 Å². The summed E-state index contributed by atoms with van der Waals surface area (Å²) in [5.74, 6) is 0. The van der Waals surface area contributed by atoms with E-state index in [1.165, 1.54) is 4.90 Å². The van der Waals surface area contributed by atoms with Crippen LogP contribution in [0, 0.1) is 0 Å². The average Bonchev–Trinajstić information content (AvgIpc) is 2.36. The molecule has 1 aromatic carbocycles. The van der Waals surface area contributed by atoms with Crippen molar-refractivity contribution in [3.05, 3.63) is 35.9 Å². The van der Waals surface area contributed by atoms with E-state index in [0.717, 1.165) is 5.56 Å². The van der Waals surface area contributed by atoms with E-state index < -0.39 is 18.3 Å². The van der Waals surface area contributed by atoms with Gasteiger partial charge in [-0.3, -0.25) is 0 Å². The van der Waals surface area contributed by atoms with Crippen LogP contribution < -0.4 is 0 Å². The lowest BCUT2D eigenvalue weighted by Crippen LogP contribution is -2.48. The molecule has 0 saturated carbocycles. The van der Waals surface area contributed by atoms with Crippen molar-refractivity contribution in [2.75, 3.05) is 13.1 Å². The van der Waals surface area contributed by atoms with Crippen molar-refractivity contribution in [1.29, 1.82) is 0 Å². The molecule has 1 amide bonds. The fourth-order valence-corrected chi connectivity index (χ4v) is 2.01. The summed E-state index contributed by atoms with van der Waals surface area (Å²) in [6, 6.07) is 9.37. The van der Waals surface area contributed by atoms with Crippen molar-refractivity contribution in [2.45, 2.75) is 25.2 Å². The highest BCUT2D eigenvalue weighted by molar-refractivity contribution is 5.67. The van der Waals surface area contributed by atoms with E-state index >= 15 is 0 Å². The van der Waals surface area contributed by atoms with E-state index in [2.05, 4.69) is 0 Å². The van der Waals surface area contributed by atoms with Crippen LogP contribution in [-0.4, -0.2) is 46.5 Å². The quantitative estimate of drug-likeness (QED) is 0.813. The second kappa shape index (κ2) is 5.84. The molecule has 1 heterocycles. The van der Waals surface area contributed by atoms with Gasteiger partial charge in [0.25, 0.3) is 0 Å². The van der Waals surface area contributed by atoms with Crippen LogP contribution >= 0.6 is 0 Å². The molecule has 18 heavy (non-hydrogen) atoms. The Bertz CT molecular complexity index is 385. The standard InChI is InChI=1S/C13H17NO4/c15-11-6-12(16)8-14(7-11)13(17)18-9-10-4-2-1-3-5-10/h1-5,11-12,15-16H,6-9H2/t11-,12-/m0/s1. The predicted octanol–water partition coefficient (Wildman–Crippen LogP) is 0.751. The molecule has 2 N–H and O–H groups in total. The zero-order valence-corrected chi connectivity index (χ0v) is 10.0. The molecule has 1 saturated heterocycles. The van der Waals surface area contributed by atoms with Crippen LogP contribution in [0.4, 0.5) is 4.79 Å². The topological polar surface area (TPSA) is 70.0 Å². The molecule has 2 atom stereocenters. The number of benzene rings is 1. The number of likely N-dealkylation sites (tertiary alicyclic amines) is 1. The van der Waals surface area contributed by atoms with Crippen LogP contribution in [0.5, 0.6) is 0 Å². The number of rotatable bonds is 2. The summed E-state index contributed by atoms with van der Waals surface area (Å²) >= 11 is 0. The van der Waals surface area contributed by atoms with Gasteiger partial charge in [0.15, 0.2) is 0 Å². The predicted molar refractivity (Wildman–Crippen MR) is 64.8 cm³/mol. The molecule has 2 rings (SSSR count). The Morgan fingerprint density at radius 2 is 1.83 bits per heavy atom. The SMILES string of the molecule is O=C(OCc1ccccc1)N1C[C@@H](O)C[C@H](O)C1. The van der Waals surface area contributed by atoms with E-state index in [-0.39, 0.29) is 19.7 Å². The number of hydrogen-bond donors (Lipinski definition) is 2. The molecule has 0 aromatic heterocycles. The maximum absolute atomic E-state index is 11.7. The molecule has 1 aliphatic rings. The summed E-state index contributed by atoms with van der Waals surface area (Å²) in [7, 11) is 0. The zero-order chi connectivity index (χ0) is 13.0. The van der Waals surface area contributed by atoms with Crippen molar-refractivity contribution < 1.29 is 19.7 Å². The Balaban J connectivity index is 1.84. The summed E-state index contributed by atoms with van der Waals surface area (Å²) in [5, 5.41) is 18.9. The normalized spacial score (nSPS) is 23.8. The van der Waals surface area contributed by atoms with Gasteiger partial charge < -0.3 is 19.8 Å². The van der Waals surface area contributed by atoms with Gasteiger partial charge in [-0.2, -0.15) is 0 Å². The molecule has 0 unspecified atom stereocenters. The monoisotopic (exact) mass is 251 g/mol. The Labute approximate surface area is 106 Å². The minimum atomic E-state index is -0.682. The molecule has 0 radical (unpaired) electrons. The van der Waals surface area contributed by atoms with E-state index in [1.54, 1.807) is 0 Å². The fraction of sp³-hybridized carbons (Fsp3) is 0.462. The first-order valence-corrected chi connectivity index (χ1v) is 5.97. The second-order valence-corrected chi connectivity index (χ2v) is 4.49. The smallest absolute Gasteiger partial charge is 0.410 e. The molecule has 1 aromatic rings. The van der Waals surface area contributed by atoms with E-state index in [9.17, 15) is 15.0 Å². The number of piperidine rings is 1. The molecule has 1 fully saturated rings. The second-order valence-electron chi connectivity index (χ2n) is 4.49. The van der Waals surface area contributed by atoms with Crippen molar-refractivity contribution >= 4 is 6.09 Å². The first-order chi connectivity index (χ1) is 8.65. The van der Waals surface area contributed by atoms with Crippen LogP contribution in [-0.2, 0) is 11.3 Å². The van der Waals surface area contributed by atoms with Gasteiger partial charge in [-0.25, -0.2) is 4.79 Å². The van der Waals surface area contributed by atoms with Gasteiger partial charge in [-0.15, -0.1) is 0 Å². The van der Waals surface area contributed by atoms with E-state index in [1.807, 2.05) is 30.3 Å². The minimum absolute atomic E-state index is 0.197. The van der Waals surface area contributed by atoms with Gasteiger partial charge >= 0.3 is 6.09 Å². The number of aliphatic hydroxyl groups excluding tert-OH is 2. The molecule has 5 heteroatoms. The number of amides is 1. The van der Waals surface area contributed by atoms with Gasteiger partial charge in [0, 0.05) is 6.42 Å². The lowest BCUT2D eigenvalue weighted by atomic mass is 10.1. The van der Waals surface area contributed by atoms with Crippen LogP contribution in [0.15, 0.2) is 30.3 Å². The number of ether oxygens (including phenoxy) is 1. The molecule has 5 nitrogen and oxygen atoms in total. The Morgan fingerprint density at radius 1 is 1.22 bits per heavy atom. The molecular formula is C13H17NO4. The van der Waals surface area contributed by atoms with Gasteiger partial charge in [0.1, 0.15) is 6.61 Å². The number of aliphatic hydroxyl groups is 2. The summed E-state index contributed by atoms with van der Waals surface area (Å²) in [6.45, 7) is 0.623. The Hall–Kier alpha value is -1.59. The largest absolute Gasteiger partial charge is 0.445 e. The highest BCUT2D eigenvalue weighted by Gasteiger charge is 2.28. The highest BCUT2D eigenvalue weighted by atomic mass is 16.6. The Morgan fingerprint density at radius 3 is 2.44 bits per heavy atom. The van der Waals surface area contributed by atoms with E-state index in [4.69, 9.17) is 4.74 Å². The molecular weight excluding hydrogens is 234 g/mol. The number of nitrogens with zero attached hydrogens (tertiary/aromatic N) is 1. The highest BCUT2D eigenvalue weighted by Crippen LogP contribution is 2.12. The molecule has 0 aliphatic carbocycles. The molecule has 98 valence electrons. The maximum Gasteiger partial charge on any atom is 0.410 e. The first kappa shape index (κ1) is 12.9.